The molecule has 0 spiro atoms. The minimum absolute atomic E-state index is 0.314. The van der Waals surface area contributed by atoms with Crippen LogP contribution in [0.1, 0.15) is 0 Å². The highest BCUT2D eigenvalue weighted by atomic mass is 35.5. The summed E-state index contributed by atoms with van der Waals surface area (Å²) < 4.78 is 1.09. The summed E-state index contributed by atoms with van der Waals surface area (Å²) in [6.07, 6.45) is 1.50. The van der Waals surface area contributed by atoms with Crippen LogP contribution >= 0.6 is 22.9 Å². The van der Waals surface area contributed by atoms with Crippen molar-refractivity contribution >= 4 is 39.0 Å². The monoisotopic (exact) mass is 262 g/mol. The Kier molecular flexibility index (Phi) is 2.42. The van der Waals surface area contributed by atoms with Gasteiger partial charge in [0.05, 0.1) is 21.9 Å². The van der Waals surface area contributed by atoms with Gasteiger partial charge in [-0.1, -0.05) is 17.7 Å². The lowest BCUT2D eigenvalue weighted by molar-refractivity contribution is 1.22. The number of anilines is 1. The second-order valence-electron chi connectivity index (χ2n) is 3.47. The zero-order valence-electron chi connectivity index (χ0n) is 8.59. The molecule has 0 aliphatic heterocycles. The van der Waals surface area contributed by atoms with Gasteiger partial charge in [0.15, 0.2) is 5.15 Å². The predicted molar refractivity (Wildman–Crippen MR) is 70.1 cm³/mol. The van der Waals surface area contributed by atoms with Crippen molar-refractivity contribution in [2.45, 2.75) is 0 Å². The fourth-order valence-electron chi connectivity index (χ4n) is 1.58. The van der Waals surface area contributed by atoms with E-state index in [4.69, 9.17) is 17.3 Å². The van der Waals surface area contributed by atoms with E-state index in [-0.39, 0.29) is 0 Å². The first-order valence-corrected chi connectivity index (χ1v) is 6.11. The average molecular weight is 263 g/mol. The van der Waals surface area contributed by atoms with Crippen LogP contribution in [-0.4, -0.2) is 15.0 Å². The summed E-state index contributed by atoms with van der Waals surface area (Å²) in [6, 6.07) is 5.86. The van der Waals surface area contributed by atoms with Gasteiger partial charge in [-0.3, -0.25) is 0 Å². The fourth-order valence-corrected chi connectivity index (χ4v) is 2.55. The number of hydrogen-bond donors (Lipinski definition) is 1. The Labute approximate surface area is 106 Å². The van der Waals surface area contributed by atoms with Gasteiger partial charge in [0.25, 0.3) is 0 Å². The third-order valence-corrected chi connectivity index (χ3v) is 3.41. The van der Waals surface area contributed by atoms with Crippen LogP contribution in [0.25, 0.3) is 21.5 Å². The molecule has 2 N–H and O–H groups in total. The summed E-state index contributed by atoms with van der Waals surface area (Å²) >= 11 is 7.60. The minimum Gasteiger partial charge on any atom is -0.382 e. The van der Waals surface area contributed by atoms with Crippen molar-refractivity contribution in [1.82, 2.24) is 15.0 Å². The molecule has 3 rings (SSSR count). The van der Waals surface area contributed by atoms with E-state index >= 15 is 0 Å². The lowest BCUT2D eigenvalue weighted by Crippen LogP contribution is -1.94. The van der Waals surface area contributed by atoms with E-state index in [1.807, 2.05) is 23.7 Å². The number of nitrogens with zero attached hydrogens (tertiary/aromatic N) is 3. The molecule has 0 bridgehead atoms. The largest absolute Gasteiger partial charge is 0.382 e. The average Bonchev–Trinajstić information content (AvgIpc) is 2.75. The molecular weight excluding hydrogens is 256 g/mol. The van der Waals surface area contributed by atoms with Crippen molar-refractivity contribution < 1.29 is 0 Å². The van der Waals surface area contributed by atoms with E-state index < -0.39 is 0 Å². The molecule has 0 fully saturated rings. The van der Waals surface area contributed by atoms with E-state index in [2.05, 4.69) is 15.0 Å². The standard InChI is InChI=1S/C11H7ClN4S/c12-11-10(14-4-9(13)16-11)6-1-2-7-8(3-6)17-5-15-7/h1-5H,(H2,13,16). The molecule has 0 amide bonds. The van der Waals surface area contributed by atoms with Crippen LogP contribution in [0.3, 0.4) is 0 Å². The smallest absolute Gasteiger partial charge is 0.157 e. The molecule has 0 unspecified atom stereocenters. The van der Waals surface area contributed by atoms with Crippen molar-refractivity contribution in [3.63, 3.8) is 0 Å². The van der Waals surface area contributed by atoms with E-state index in [1.54, 1.807) is 11.3 Å². The number of nitrogen functional groups attached to an aromatic ring is 1. The molecule has 6 heteroatoms. The Morgan fingerprint density at radius 3 is 2.94 bits per heavy atom. The number of rotatable bonds is 1. The number of nitrogens with two attached hydrogens (primary N) is 1. The lowest BCUT2D eigenvalue weighted by Gasteiger charge is -2.03. The highest BCUT2D eigenvalue weighted by Crippen LogP contribution is 2.28. The van der Waals surface area contributed by atoms with Gasteiger partial charge in [0.1, 0.15) is 11.5 Å². The molecule has 2 heterocycles. The summed E-state index contributed by atoms with van der Waals surface area (Å²) in [7, 11) is 0. The topological polar surface area (TPSA) is 64.7 Å². The quantitative estimate of drug-likeness (QED) is 0.732. The van der Waals surface area contributed by atoms with Crippen LogP contribution in [0.2, 0.25) is 5.15 Å². The van der Waals surface area contributed by atoms with Crippen LogP contribution in [0, 0.1) is 0 Å². The Bertz CT molecular complexity index is 695. The van der Waals surface area contributed by atoms with Crippen LogP contribution in [-0.2, 0) is 0 Å². The van der Waals surface area contributed by atoms with Gasteiger partial charge in [-0.05, 0) is 12.1 Å². The van der Waals surface area contributed by atoms with Crippen molar-refractivity contribution in [2.24, 2.45) is 0 Å². The number of fused-ring (bicyclic) bond motifs is 1. The molecule has 3 aromatic rings. The number of benzene rings is 1. The summed E-state index contributed by atoms with van der Waals surface area (Å²) in [5, 5.41) is 0.314. The van der Waals surface area contributed by atoms with Gasteiger partial charge >= 0.3 is 0 Å². The fraction of sp³-hybridized carbons (Fsp3) is 0. The van der Waals surface area contributed by atoms with Gasteiger partial charge in [0, 0.05) is 5.56 Å². The van der Waals surface area contributed by atoms with Crippen LogP contribution in [0.4, 0.5) is 5.82 Å². The van der Waals surface area contributed by atoms with Crippen molar-refractivity contribution in [2.75, 3.05) is 5.73 Å². The molecular formula is C11H7ClN4S. The van der Waals surface area contributed by atoms with Crippen LogP contribution < -0.4 is 5.73 Å². The molecule has 0 radical (unpaired) electrons. The molecule has 0 aliphatic carbocycles. The summed E-state index contributed by atoms with van der Waals surface area (Å²) in [4.78, 5) is 12.4. The summed E-state index contributed by atoms with van der Waals surface area (Å²) in [5.41, 5.74) is 9.85. The van der Waals surface area contributed by atoms with E-state index in [1.165, 1.54) is 6.20 Å². The van der Waals surface area contributed by atoms with Gasteiger partial charge in [0.2, 0.25) is 0 Å². The summed E-state index contributed by atoms with van der Waals surface area (Å²) in [6.45, 7) is 0. The molecule has 0 atom stereocenters. The Hall–Kier alpha value is -1.72. The zero-order valence-corrected chi connectivity index (χ0v) is 10.2. The first-order chi connectivity index (χ1) is 8.24. The van der Waals surface area contributed by atoms with Gasteiger partial charge < -0.3 is 5.73 Å². The highest BCUT2D eigenvalue weighted by molar-refractivity contribution is 7.16. The Morgan fingerprint density at radius 2 is 2.12 bits per heavy atom. The second-order valence-corrected chi connectivity index (χ2v) is 4.71. The molecule has 17 heavy (non-hydrogen) atoms. The number of thiazole rings is 1. The van der Waals surface area contributed by atoms with Gasteiger partial charge in [-0.25, -0.2) is 15.0 Å². The van der Waals surface area contributed by atoms with Crippen LogP contribution in [0.15, 0.2) is 29.9 Å². The lowest BCUT2D eigenvalue weighted by atomic mass is 10.1. The second kappa shape index (κ2) is 3.94. The third-order valence-electron chi connectivity index (χ3n) is 2.35. The first kappa shape index (κ1) is 10.4. The number of aromatic nitrogens is 3. The van der Waals surface area contributed by atoms with Crippen LogP contribution in [0.5, 0.6) is 0 Å². The van der Waals surface area contributed by atoms with Crippen molar-refractivity contribution in [1.29, 1.82) is 0 Å². The predicted octanol–water partition coefficient (Wildman–Crippen LogP) is 2.99. The maximum absolute atomic E-state index is 6.02. The van der Waals surface area contributed by atoms with Gasteiger partial charge in [-0.2, -0.15) is 0 Å². The Morgan fingerprint density at radius 1 is 1.24 bits per heavy atom. The number of hydrogen-bond acceptors (Lipinski definition) is 5. The molecule has 84 valence electrons. The molecule has 4 nitrogen and oxygen atoms in total. The molecule has 0 saturated carbocycles. The van der Waals surface area contributed by atoms with Crippen molar-refractivity contribution in [3.05, 3.63) is 35.1 Å². The zero-order chi connectivity index (χ0) is 11.8. The minimum atomic E-state index is 0.314. The van der Waals surface area contributed by atoms with Crippen molar-refractivity contribution in [3.8, 4) is 11.3 Å². The normalized spacial score (nSPS) is 10.9. The third kappa shape index (κ3) is 1.83. The molecule has 1 aromatic carbocycles. The highest BCUT2D eigenvalue weighted by Gasteiger charge is 2.08. The number of halogens is 1. The van der Waals surface area contributed by atoms with Gasteiger partial charge in [-0.15, -0.1) is 11.3 Å². The molecule has 0 saturated heterocycles. The maximum atomic E-state index is 6.02. The molecule has 2 aromatic heterocycles. The SMILES string of the molecule is Nc1cnc(-c2ccc3ncsc3c2)c(Cl)n1. The Balaban J connectivity index is 2.19. The summed E-state index contributed by atoms with van der Waals surface area (Å²) in [5.74, 6) is 0.317. The van der Waals surface area contributed by atoms with E-state index in [0.717, 1.165) is 15.8 Å². The maximum Gasteiger partial charge on any atom is 0.157 e. The molecule has 0 aliphatic rings. The van der Waals surface area contributed by atoms with E-state index in [9.17, 15) is 0 Å². The first-order valence-electron chi connectivity index (χ1n) is 4.86. The van der Waals surface area contributed by atoms with E-state index in [0.29, 0.717) is 16.7 Å².